The standard InChI is InChI=1S/C27H27N3O4S/c31-22(19-7-3-1-4-8-19)17-30-14-11-20(12-15-30)23(18-30)34-27(33)24(21-9-5-2-6-10-21)29-25(32)26-28-13-16-35-26/h1-10,13,16,20,23-24H,11-12,14-15,17-18H2/p+1. The minimum absolute atomic E-state index is 0.119. The molecule has 0 aliphatic carbocycles. The molecule has 2 bridgehead atoms. The fourth-order valence-corrected chi connectivity index (χ4v) is 5.80. The summed E-state index contributed by atoms with van der Waals surface area (Å²) in [4.78, 5) is 43.1. The SMILES string of the molecule is O=C(C[N+]12CCC(CC1)C(OC(=O)C(NC(=O)c1nccs1)c1ccccc1)C2)c1ccccc1. The zero-order valence-corrected chi connectivity index (χ0v) is 20.2. The van der Waals surface area contributed by atoms with E-state index in [1.807, 2.05) is 48.5 Å². The molecule has 1 aromatic heterocycles. The second-order valence-electron chi connectivity index (χ2n) is 9.39. The van der Waals surface area contributed by atoms with Crippen LogP contribution in [0.1, 0.15) is 44.6 Å². The van der Waals surface area contributed by atoms with Gasteiger partial charge in [0.2, 0.25) is 5.78 Å². The molecule has 1 amide bonds. The van der Waals surface area contributed by atoms with Gasteiger partial charge >= 0.3 is 5.97 Å². The molecule has 7 nitrogen and oxygen atoms in total. The topological polar surface area (TPSA) is 85.4 Å². The van der Waals surface area contributed by atoms with E-state index >= 15 is 0 Å². The highest BCUT2D eigenvalue weighted by atomic mass is 32.1. The van der Waals surface area contributed by atoms with Crippen LogP contribution in [0.4, 0.5) is 0 Å². The summed E-state index contributed by atoms with van der Waals surface area (Å²) in [7, 11) is 0. The van der Waals surface area contributed by atoms with E-state index in [2.05, 4.69) is 10.3 Å². The first-order valence-corrected chi connectivity index (χ1v) is 12.8. The summed E-state index contributed by atoms with van der Waals surface area (Å²) in [5.74, 6) is -0.491. The number of nitrogens with one attached hydrogen (secondary N) is 1. The van der Waals surface area contributed by atoms with Crippen LogP contribution in [0.2, 0.25) is 0 Å². The first-order chi connectivity index (χ1) is 17.0. The molecule has 2 aromatic carbocycles. The summed E-state index contributed by atoms with van der Waals surface area (Å²) in [6.45, 7) is 2.87. The highest BCUT2D eigenvalue weighted by Gasteiger charge is 2.49. The maximum absolute atomic E-state index is 13.4. The fourth-order valence-electron chi connectivity index (χ4n) is 5.27. The lowest BCUT2D eigenvalue weighted by atomic mass is 9.82. The van der Waals surface area contributed by atoms with Crippen LogP contribution in [0.25, 0.3) is 0 Å². The molecular weight excluding hydrogens is 462 g/mol. The first kappa shape index (κ1) is 23.4. The van der Waals surface area contributed by atoms with Crippen molar-refractivity contribution in [1.82, 2.24) is 10.3 Å². The molecule has 2 atom stereocenters. The zero-order chi connectivity index (χ0) is 24.3. The van der Waals surface area contributed by atoms with Gasteiger partial charge in [-0.1, -0.05) is 60.7 Å². The number of quaternary nitrogens is 1. The van der Waals surface area contributed by atoms with Crippen molar-refractivity contribution in [3.05, 3.63) is 88.4 Å². The first-order valence-electron chi connectivity index (χ1n) is 11.9. The van der Waals surface area contributed by atoms with E-state index in [9.17, 15) is 14.4 Å². The zero-order valence-electron chi connectivity index (χ0n) is 19.3. The molecule has 0 spiro atoms. The Labute approximate surface area is 208 Å². The molecule has 6 rings (SSSR count). The third-order valence-electron chi connectivity index (χ3n) is 7.15. The predicted octanol–water partition coefficient (Wildman–Crippen LogP) is 3.65. The Morgan fingerprint density at radius 1 is 1.03 bits per heavy atom. The quantitative estimate of drug-likeness (QED) is 0.296. The summed E-state index contributed by atoms with van der Waals surface area (Å²) in [6, 6.07) is 17.6. The minimum Gasteiger partial charge on any atom is -0.454 e. The summed E-state index contributed by atoms with van der Waals surface area (Å²) < 4.78 is 6.72. The number of piperidine rings is 3. The predicted molar refractivity (Wildman–Crippen MR) is 132 cm³/mol. The van der Waals surface area contributed by atoms with E-state index < -0.39 is 17.9 Å². The molecule has 4 heterocycles. The van der Waals surface area contributed by atoms with Gasteiger partial charge in [-0.25, -0.2) is 9.78 Å². The Bertz CT molecular complexity index is 1180. The van der Waals surface area contributed by atoms with Gasteiger partial charge in [-0.15, -0.1) is 11.3 Å². The molecule has 3 aromatic rings. The van der Waals surface area contributed by atoms with E-state index in [0.29, 0.717) is 28.1 Å². The number of Topliss-reactive ketones (excluding diaryl/α,β-unsaturated/α-hetero) is 1. The van der Waals surface area contributed by atoms with Gasteiger partial charge in [0.05, 0.1) is 13.1 Å². The lowest BCUT2D eigenvalue weighted by Gasteiger charge is -2.51. The van der Waals surface area contributed by atoms with Gasteiger partial charge in [0.15, 0.2) is 17.2 Å². The summed E-state index contributed by atoms with van der Waals surface area (Å²) in [6.07, 6.45) is 3.11. The van der Waals surface area contributed by atoms with Gasteiger partial charge in [-0.05, 0) is 5.56 Å². The Morgan fingerprint density at radius 2 is 1.71 bits per heavy atom. The monoisotopic (exact) mass is 490 g/mol. The van der Waals surface area contributed by atoms with Crippen LogP contribution in [0.5, 0.6) is 0 Å². The van der Waals surface area contributed by atoms with Crippen molar-refractivity contribution in [2.75, 3.05) is 26.2 Å². The number of hydrogen-bond donors (Lipinski definition) is 1. The van der Waals surface area contributed by atoms with Crippen LogP contribution < -0.4 is 5.32 Å². The molecule has 8 heteroatoms. The van der Waals surface area contributed by atoms with E-state index in [0.717, 1.165) is 31.5 Å². The number of fused-ring (bicyclic) bond motifs is 3. The molecule has 3 saturated heterocycles. The van der Waals surface area contributed by atoms with Crippen LogP contribution in [0, 0.1) is 5.92 Å². The second kappa shape index (κ2) is 10.1. The Morgan fingerprint density at radius 3 is 2.37 bits per heavy atom. The van der Waals surface area contributed by atoms with Gasteiger partial charge in [-0.2, -0.15) is 0 Å². The van der Waals surface area contributed by atoms with Crippen LogP contribution in [-0.2, 0) is 9.53 Å². The molecule has 35 heavy (non-hydrogen) atoms. The van der Waals surface area contributed by atoms with E-state index in [4.69, 9.17) is 4.74 Å². The number of carbonyl (C=O) groups excluding carboxylic acids is 3. The lowest BCUT2D eigenvalue weighted by Crippen LogP contribution is -2.66. The lowest BCUT2D eigenvalue weighted by molar-refractivity contribution is -0.938. The summed E-state index contributed by atoms with van der Waals surface area (Å²) in [5, 5.41) is 4.82. The smallest absolute Gasteiger partial charge is 0.333 e. The number of nitrogens with zero attached hydrogens (tertiary/aromatic N) is 2. The number of rotatable bonds is 8. The molecular formula is C27H28N3O4S+. The molecule has 3 fully saturated rings. The molecule has 0 saturated carbocycles. The van der Waals surface area contributed by atoms with E-state index in [1.165, 1.54) is 11.3 Å². The Hall–Kier alpha value is -3.36. The number of carbonyl (C=O) groups is 3. The van der Waals surface area contributed by atoms with Crippen molar-refractivity contribution in [2.24, 2.45) is 5.92 Å². The maximum Gasteiger partial charge on any atom is 0.333 e. The second-order valence-corrected chi connectivity index (χ2v) is 10.3. The summed E-state index contributed by atoms with van der Waals surface area (Å²) in [5.41, 5.74) is 1.38. The average Bonchev–Trinajstić information content (AvgIpc) is 3.44. The number of ketones is 1. The normalized spacial score (nSPS) is 23.9. The molecule has 3 aliphatic rings. The van der Waals surface area contributed by atoms with Crippen molar-refractivity contribution in [3.63, 3.8) is 0 Å². The number of benzene rings is 2. The van der Waals surface area contributed by atoms with Crippen molar-refractivity contribution >= 4 is 29.0 Å². The van der Waals surface area contributed by atoms with Crippen molar-refractivity contribution in [1.29, 1.82) is 0 Å². The van der Waals surface area contributed by atoms with Crippen molar-refractivity contribution < 1.29 is 23.6 Å². The largest absolute Gasteiger partial charge is 0.454 e. The van der Waals surface area contributed by atoms with Crippen LogP contribution >= 0.6 is 11.3 Å². The van der Waals surface area contributed by atoms with Crippen LogP contribution in [0.3, 0.4) is 0 Å². The van der Waals surface area contributed by atoms with Crippen LogP contribution in [-0.4, -0.2) is 59.4 Å². The van der Waals surface area contributed by atoms with Crippen LogP contribution in [0.15, 0.2) is 72.2 Å². The molecule has 0 radical (unpaired) electrons. The molecule has 1 N–H and O–H groups in total. The molecule has 3 aliphatic heterocycles. The maximum atomic E-state index is 13.4. The fraction of sp³-hybridized carbons (Fsp3) is 0.333. The molecule has 2 unspecified atom stereocenters. The van der Waals surface area contributed by atoms with Gasteiger partial charge < -0.3 is 14.5 Å². The minimum atomic E-state index is -0.928. The van der Waals surface area contributed by atoms with Gasteiger partial charge in [0.1, 0.15) is 13.1 Å². The van der Waals surface area contributed by atoms with Gasteiger partial charge in [0, 0.05) is 35.9 Å². The number of amides is 1. The number of ether oxygens (including phenoxy) is 1. The third-order valence-corrected chi connectivity index (χ3v) is 7.93. The van der Waals surface area contributed by atoms with Crippen molar-refractivity contribution in [2.45, 2.75) is 25.0 Å². The number of esters is 1. The van der Waals surface area contributed by atoms with Gasteiger partial charge in [0.25, 0.3) is 5.91 Å². The highest BCUT2D eigenvalue weighted by Crippen LogP contribution is 2.36. The highest BCUT2D eigenvalue weighted by molar-refractivity contribution is 7.11. The average molecular weight is 491 g/mol. The summed E-state index contributed by atoms with van der Waals surface area (Å²) >= 11 is 1.22. The number of hydrogen-bond acceptors (Lipinski definition) is 6. The third kappa shape index (κ3) is 5.18. The Kier molecular flexibility index (Phi) is 6.74. The molecule has 180 valence electrons. The van der Waals surface area contributed by atoms with E-state index in [-0.39, 0.29) is 17.8 Å². The van der Waals surface area contributed by atoms with Gasteiger partial charge in [-0.3, -0.25) is 9.59 Å². The van der Waals surface area contributed by atoms with E-state index in [1.54, 1.807) is 23.7 Å². The number of thiazole rings is 1. The Balaban J connectivity index is 1.30. The van der Waals surface area contributed by atoms with Crippen molar-refractivity contribution in [3.8, 4) is 0 Å². The number of aromatic nitrogens is 1.